The number of carbonyl (C=O) groups excluding carboxylic acids is 2. The van der Waals surface area contributed by atoms with Crippen LogP contribution in [0.25, 0.3) is 0 Å². The van der Waals surface area contributed by atoms with Crippen molar-refractivity contribution in [3.63, 3.8) is 0 Å². The second-order valence-electron chi connectivity index (χ2n) is 10.1. The number of benzene rings is 3. The molecule has 6 rings (SSSR count). The maximum absolute atomic E-state index is 13.6. The highest BCUT2D eigenvalue weighted by molar-refractivity contribution is 5.97. The van der Waals surface area contributed by atoms with Gasteiger partial charge < -0.3 is 14.5 Å². The van der Waals surface area contributed by atoms with Gasteiger partial charge in [-0.25, -0.2) is 4.79 Å². The summed E-state index contributed by atoms with van der Waals surface area (Å²) in [6, 6.07) is 26.7. The number of nitrogens with one attached hydrogen (secondary N) is 1. The molecule has 35 heavy (non-hydrogen) atoms. The molecule has 2 atom stereocenters. The minimum Gasteiger partial charge on any atom is -0.454 e. The van der Waals surface area contributed by atoms with Gasteiger partial charge >= 0.3 is 5.97 Å². The van der Waals surface area contributed by atoms with Crippen LogP contribution in [0.1, 0.15) is 40.4 Å². The lowest BCUT2D eigenvalue weighted by atomic mass is 9.82. The van der Waals surface area contributed by atoms with Crippen LogP contribution in [-0.4, -0.2) is 48.5 Å². The summed E-state index contributed by atoms with van der Waals surface area (Å²) in [6.45, 7) is 5.16. The first-order valence-corrected chi connectivity index (χ1v) is 12.5. The highest BCUT2D eigenvalue weighted by Gasteiger charge is 2.49. The number of ketones is 1. The van der Waals surface area contributed by atoms with Crippen molar-refractivity contribution in [1.82, 2.24) is 0 Å². The molecule has 3 heterocycles. The van der Waals surface area contributed by atoms with Crippen molar-refractivity contribution < 1.29 is 18.8 Å². The Labute approximate surface area is 207 Å². The molecule has 0 amide bonds. The Balaban J connectivity index is 1.32. The molecule has 0 aromatic heterocycles. The van der Waals surface area contributed by atoms with Crippen LogP contribution >= 0.6 is 0 Å². The summed E-state index contributed by atoms with van der Waals surface area (Å²) in [7, 11) is 0. The molecule has 180 valence electrons. The molecule has 3 fully saturated rings. The number of hydrogen-bond donors (Lipinski definition) is 1. The maximum Gasteiger partial charge on any atom is 0.333 e. The number of para-hydroxylation sites is 1. The van der Waals surface area contributed by atoms with Crippen molar-refractivity contribution >= 4 is 17.4 Å². The molecule has 5 heteroatoms. The van der Waals surface area contributed by atoms with E-state index in [-0.39, 0.29) is 17.9 Å². The molecular weight excluding hydrogens is 436 g/mol. The summed E-state index contributed by atoms with van der Waals surface area (Å²) in [5, 5.41) is 3.38. The van der Waals surface area contributed by atoms with E-state index in [1.165, 1.54) is 0 Å². The van der Waals surface area contributed by atoms with E-state index in [0.29, 0.717) is 23.5 Å². The van der Waals surface area contributed by atoms with Crippen LogP contribution in [0.3, 0.4) is 0 Å². The van der Waals surface area contributed by atoms with Crippen molar-refractivity contribution in [2.45, 2.75) is 31.9 Å². The van der Waals surface area contributed by atoms with Crippen molar-refractivity contribution in [2.75, 3.05) is 31.5 Å². The second-order valence-corrected chi connectivity index (χ2v) is 10.1. The van der Waals surface area contributed by atoms with Gasteiger partial charge in [0.25, 0.3) is 0 Å². The van der Waals surface area contributed by atoms with Gasteiger partial charge in [0, 0.05) is 30.0 Å². The lowest BCUT2D eigenvalue weighted by molar-refractivity contribution is -0.938. The smallest absolute Gasteiger partial charge is 0.333 e. The summed E-state index contributed by atoms with van der Waals surface area (Å²) < 4.78 is 6.94. The first-order valence-electron chi connectivity index (χ1n) is 12.5. The van der Waals surface area contributed by atoms with Gasteiger partial charge in [-0.05, 0) is 24.6 Å². The van der Waals surface area contributed by atoms with Gasteiger partial charge in [0.2, 0.25) is 5.78 Å². The fourth-order valence-corrected chi connectivity index (χ4v) is 5.55. The average Bonchev–Trinajstić information content (AvgIpc) is 2.89. The number of anilines is 1. The van der Waals surface area contributed by atoms with E-state index < -0.39 is 6.04 Å². The summed E-state index contributed by atoms with van der Waals surface area (Å²) >= 11 is 0. The molecular formula is C30H33N2O3+. The van der Waals surface area contributed by atoms with Gasteiger partial charge in [0.15, 0.2) is 12.1 Å². The Bertz CT molecular complexity index is 1150. The van der Waals surface area contributed by atoms with Crippen LogP contribution in [0.5, 0.6) is 0 Å². The van der Waals surface area contributed by atoms with E-state index in [1.54, 1.807) is 0 Å². The number of fused-ring (bicyclic) bond motifs is 3. The van der Waals surface area contributed by atoms with Crippen LogP contribution in [-0.2, 0) is 9.53 Å². The van der Waals surface area contributed by atoms with E-state index >= 15 is 0 Å². The van der Waals surface area contributed by atoms with Gasteiger partial charge in [-0.1, -0.05) is 78.4 Å². The number of quaternary nitrogens is 1. The maximum atomic E-state index is 13.6. The molecule has 0 aliphatic carbocycles. The topological polar surface area (TPSA) is 55.4 Å². The third-order valence-electron chi connectivity index (χ3n) is 7.61. The van der Waals surface area contributed by atoms with Gasteiger partial charge in [0.05, 0.1) is 13.1 Å². The molecule has 0 saturated carbocycles. The van der Waals surface area contributed by atoms with Crippen molar-refractivity contribution in [3.05, 3.63) is 102 Å². The number of hydrogen-bond acceptors (Lipinski definition) is 4. The van der Waals surface area contributed by atoms with Crippen LogP contribution in [0, 0.1) is 12.8 Å². The van der Waals surface area contributed by atoms with Gasteiger partial charge in [-0.2, -0.15) is 0 Å². The van der Waals surface area contributed by atoms with Gasteiger partial charge in [-0.3, -0.25) is 4.79 Å². The minimum atomic E-state index is -0.590. The normalized spacial score (nSPS) is 23.9. The van der Waals surface area contributed by atoms with Crippen molar-refractivity contribution in [1.29, 1.82) is 0 Å². The molecule has 5 nitrogen and oxygen atoms in total. The predicted molar refractivity (Wildman–Crippen MR) is 137 cm³/mol. The standard InChI is InChI=1S/C30H33N2O3/c1-22-12-14-25(15-13-22)29(31-26-10-6-3-7-11-26)30(34)35-28-21-32(18-16-24(28)17-19-32)20-27(33)23-8-4-2-5-9-23/h2-15,24,28-29,31H,16-21H2,1H3/q+1/t24?,28-,29?,32?/m0/s1. The number of esters is 1. The van der Waals surface area contributed by atoms with Crippen LogP contribution in [0.15, 0.2) is 84.9 Å². The third kappa shape index (κ3) is 5.30. The van der Waals surface area contributed by atoms with Gasteiger partial charge in [0.1, 0.15) is 13.1 Å². The number of nitrogens with zero attached hydrogens (tertiary/aromatic N) is 1. The van der Waals surface area contributed by atoms with E-state index in [9.17, 15) is 9.59 Å². The number of rotatable bonds is 8. The second kappa shape index (κ2) is 10.0. The lowest BCUT2D eigenvalue weighted by Crippen LogP contribution is -2.65. The minimum absolute atomic E-state index is 0.166. The monoisotopic (exact) mass is 469 g/mol. The van der Waals surface area contributed by atoms with Gasteiger partial charge in [-0.15, -0.1) is 0 Å². The Hall–Kier alpha value is -3.44. The third-order valence-corrected chi connectivity index (χ3v) is 7.61. The molecule has 3 aromatic carbocycles. The number of Topliss-reactive ketones (excluding diaryl/α,β-unsaturated/α-hetero) is 1. The lowest BCUT2D eigenvalue weighted by Gasteiger charge is -2.51. The van der Waals surface area contributed by atoms with Crippen molar-refractivity contribution in [3.8, 4) is 0 Å². The number of carbonyl (C=O) groups is 2. The zero-order chi connectivity index (χ0) is 24.3. The first kappa shape index (κ1) is 23.3. The zero-order valence-electron chi connectivity index (χ0n) is 20.2. The Kier molecular flexibility index (Phi) is 6.69. The fourth-order valence-electron chi connectivity index (χ4n) is 5.55. The van der Waals surface area contributed by atoms with Crippen molar-refractivity contribution in [2.24, 2.45) is 5.92 Å². The molecule has 0 spiro atoms. The molecule has 3 aliphatic rings. The highest BCUT2D eigenvalue weighted by atomic mass is 16.5. The summed E-state index contributed by atoms with van der Waals surface area (Å²) in [5.74, 6) is 0.268. The largest absolute Gasteiger partial charge is 0.454 e. The fraction of sp³-hybridized carbons (Fsp3) is 0.333. The quantitative estimate of drug-likeness (QED) is 0.280. The SMILES string of the molecule is Cc1ccc(C(Nc2ccccc2)C(=O)O[C@H]2C[N+]3(CC(=O)c4ccccc4)CCC2CC3)cc1. The van der Waals surface area contributed by atoms with Crippen LogP contribution in [0.4, 0.5) is 5.69 Å². The molecule has 3 aromatic rings. The number of piperidine rings is 3. The Morgan fingerprint density at radius 1 is 0.914 bits per heavy atom. The molecule has 1 N–H and O–H groups in total. The van der Waals surface area contributed by atoms with E-state index in [2.05, 4.69) is 5.32 Å². The predicted octanol–water partition coefficient (Wildman–Crippen LogP) is 5.18. The summed E-state index contributed by atoms with van der Waals surface area (Å²) in [6.07, 6.45) is 1.81. The van der Waals surface area contributed by atoms with E-state index in [4.69, 9.17) is 4.74 Å². The Morgan fingerprint density at radius 2 is 1.54 bits per heavy atom. The highest BCUT2D eigenvalue weighted by Crippen LogP contribution is 2.36. The average molecular weight is 470 g/mol. The molecule has 1 unspecified atom stereocenters. The zero-order valence-corrected chi connectivity index (χ0v) is 20.2. The Morgan fingerprint density at radius 3 is 2.20 bits per heavy atom. The van der Waals surface area contributed by atoms with Crippen LogP contribution < -0.4 is 5.32 Å². The molecule has 0 radical (unpaired) electrons. The number of ether oxygens (including phenoxy) is 1. The molecule has 2 bridgehead atoms. The van der Waals surface area contributed by atoms with E-state index in [0.717, 1.165) is 48.3 Å². The summed E-state index contributed by atoms with van der Waals surface area (Å²) in [5.41, 5.74) is 3.66. The van der Waals surface area contributed by atoms with Crippen LogP contribution in [0.2, 0.25) is 0 Å². The molecule has 3 saturated heterocycles. The van der Waals surface area contributed by atoms with E-state index in [1.807, 2.05) is 91.9 Å². The first-order chi connectivity index (χ1) is 17.0. The number of aryl methyl sites for hydroxylation is 1. The molecule has 3 aliphatic heterocycles. The summed E-state index contributed by atoms with van der Waals surface area (Å²) in [4.78, 5) is 26.6.